The molecule has 1 amide bonds. The van der Waals surface area contributed by atoms with Gasteiger partial charge < -0.3 is 25.3 Å². The van der Waals surface area contributed by atoms with Crippen LogP contribution >= 0.6 is 0 Å². The first-order valence-corrected chi connectivity index (χ1v) is 5.95. The van der Waals surface area contributed by atoms with Gasteiger partial charge in [-0.15, -0.1) is 0 Å². The summed E-state index contributed by atoms with van der Waals surface area (Å²) in [4.78, 5) is 15.8. The molecule has 0 spiro atoms. The Hall–Kier alpha value is -0.690. The molecule has 1 heterocycles. The number of hydrogen-bond acceptors (Lipinski definition) is 5. The van der Waals surface area contributed by atoms with Gasteiger partial charge in [-0.2, -0.15) is 0 Å². The number of aliphatic hydroxyl groups excluding tert-OH is 1. The van der Waals surface area contributed by atoms with Gasteiger partial charge in [0.05, 0.1) is 18.8 Å². The molecule has 0 saturated carbocycles. The molecule has 3 N–H and O–H groups in total. The maximum Gasteiger partial charge on any atom is 0.236 e. The van der Waals surface area contributed by atoms with Gasteiger partial charge in [0.1, 0.15) is 0 Å². The summed E-state index contributed by atoms with van der Waals surface area (Å²) < 4.78 is 0. The lowest BCUT2D eigenvalue weighted by molar-refractivity contribution is -0.132. The standard InChI is InChI=1S/C11H23N3O3/c1-11(17,9-15)8-12-7-10(16)14-5-3-13(2)4-6-14/h12,15,17H,3-9H2,1-2H3. The molecule has 1 atom stereocenters. The van der Waals surface area contributed by atoms with E-state index in [1.807, 2.05) is 11.9 Å². The highest BCUT2D eigenvalue weighted by Gasteiger charge is 2.21. The van der Waals surface area contributed by atoms with Crippen LogP contribution in [0.3, 0.4) is 0 Å². The van der Waals surface area contributed by atoms with Crippen molar-refractivity contribution < 1.29 is 15.0 Å². The van der Waals surface area contributed by atoms with Crippen molar-refractivity contribution >= 4 is 5.91 Å². The van der Waals surface area contributed by atoms with Crippen LogP contribution in [-0.2, 0) is 4.79 Å². The highest BCUT2D eigenvalue weighted by molar-refractivity contribution is 5.78. The van der Waals surface area contributed by atoms with Gasteiger partial charge >= 0.3 is 0 Å². The van der Waals surface area contributed by atoms with Crippen molar-refractivity contribution in [3.63, 3.8) is 0 Å². The van der Waals surface area contributed by atoms with Crippen LogP contribution in [0.1, 0.15) is 6.92 Å². The number of nitrogens with zero attached hydrogens (tertiary/aromatic N) is 2. The summed E-state index contributed by atoms with van der Waals surface area (Å²) in [6, 6.07) is 0. The van der Waals surface area contributed by atoms with Gasteiger partial charge in [-0.05, 0) is 14.0 Å². The smallest absolute Gasteiger partial charge is 0.236 e. The zero-order valence-electron chi connectivity index (χ0n) is 10.6. The normalized spacial score (nSPS) is 21.3. The van der Waals surface area contributed by atoms with E-state index >= 15 is 0 Å². The lowest BCUT2D eigenvalue weighted by Gasteiger charge is -2.32. The molecule has 1 saturated heterocycles. The SMILES string of the molecule is CN1CCN(C(=O)CNCC(C)(O)CO)CC1. The molecule has 0 bridgehead atoms. The largest absolute Gasteiger partial charge is 0.393 e. The molecule has 0 aromatic rings. The number of carbonyl (C=O) groups is 1. The van der Waals surface area contributed by atoms with Crippen LogP contribution in [0, 0.1) is 0 Å². The average Bonchev–Trinajstić information content (AvgIpc) is 2.29. The minimum atomic E-state index is -1.16. The lowest BCUT2D eigenvalue weighted by Crippen LogP contribution is -2.51. The summed E-state index contributed by atoms with van der Waals surface area (Å²) in [6.45, 7) is 4.95. The second kappa shape index (κ2) is 6.30. The molecule has 0 aliphatic carbocycles. The number of rotatable bonds is 5. The number of piperazine rings is 1. The molecule has 1 unspecified atom stereocenters. The Bertz CT molecular complexity index is 250. The predicted octanol–water partition coefficient (Wildman–Crippen LogP) is -1.91. The molecule has 0 aromatic heterocycles. The first kappa shape index (κ1) is 14.4. The van der Waals surface area contributed by atoms with Gasteiger partial charge in [0, 0.05) is 32.7 Å². The highest BCUT2D eigenvalue weighted by Crippen LogP contribution is 2.00. The van der Waals surface area contributed by atoms with Gasteiger partial charge in [0.25, 0.3) is 0 Å². The van der Waals surface area contributed by atoms with Crippen LogP contribution in [0.4, 0.5) is 0 Å². The van der Waals surface area contributed by atoms with E-state index < -0.39 is 5.60 Å². The third-order valence-corrected chi connectivity index (χ3v) is 2.98. The van der Waals surface area contributed by atoms with E-state index in [9.17, 15) is 9.90 Å². The monoisotopic (exact) mass is 245 g/mol. The molecule has 17 heavy (non-hydrogen) atoms. The van der Waals surface area contributed by atoms with Gasteiger partial charge in [0.2, 0.25) is 5.91 Å². The molecule has 1 fully saturated rings. The first-order chi connectivity index (χ1) is 7.94. The first-order valence-electron chi connectivity index (χ1n) is 5.95. The lowest BCUT2D eigenvalue weighted by atomic mass is 10.1. The maximum absolute atomic E-state index is 11.8. The Morgan fingerprint density at radius 1 is 1.35 bits per heavy atom. The summed E-state index contributed by atoms with van der Waals surface area (Å²) >= 11 is 0. The Balaban J connectivity index is 2.21. The third kappa shape index (κ3) is 4.99. The van der Waals surface area contributed by atoms with Crippen molar-refractivity contribution in [2.24, 2.45) is 0 Å². The zero-order valence-corrected chi connectivity index (χ0v) is 10.6. The van der Waals surface area contributed by atoms with Crippen molar-refractivity contribution in [3.05, 3.63) is 0 Å². The van der Waals surface area contributed by atoms with Crippen LogP contribution < -0.4 is 5.32 Å². The van der Waals surface area contributed by atoms with Crippen LogP contribution in [0.15, 0.2) is 0 Å². The number of nitrogens with one attached hydrogen (secondary N) is 1. The van der Waals surface area contributed by atoms with Crippen LogP contribution in [0.25, 0.3) is 0 Å². The summed E-state index contributed by atoms with van der Waals surface area (Å²) in [5.74, 6) is 0.0480. The van der Waals surface area contributed by atoms with Crippen molar-refractivity contribution in [2.45, 2.75) is 12.5 Å². The van der Waals surface area contributed by atoms with Crippen molar-refractivity contribution in [3.8, 4) is 0 Å². The van der Waals surface area contributed by atoms with Gasteiger partial charge in [0.15, 0.2) is 0 Å². The number of carbonyl (C=O) groups excluding carboxylic acids is 1. The number of hydrogen-bond donors (Lipinski definition) is 3. The van der Waals surface area contributed by atoms with Gasteiger partial charge in [-0.1, -0.05) is 0 Å². The highest BCUT2D eigenvalue weighted by atomic mass is 16.3. The fraction of sp³-hybridized carbons (Fsp3) is 0.909. The second-order valence-corrected chi connectivity index (χ2v) is 4.94. The topological polar surface area (TPSA) is 76.0 Å². The second-order valence-electron chi connectivity index (χ2n) is 4.94. The minimum absolute atomic E-state index is 0.0480. The van der Waals surface area contributed by atoms with E-state index in [-0.39, 0.29) is 25.6 Å². The molecule has 6 heteroatoms. The number of aliphatic hydroxyl groups is 2. The zero-order chi connectivity index (χ0) is 12.9. The Kier molecular flexibility index (Phi) is 5.32. The van der Waals surface area contributed by atoms with Gasteiger partial charge in [-0.25, -0.2) is 0 Å². The molecular formula is C11H23N3O3. The predicted molar refractivity (Wildman–Crippen MR) is 64.7 cm³/mol. The molecular weight excluding hydrogens is 222 g/mol. The molecule has 1 rings (SSSR count). The quantitative estimate of drug-likeness (QED) is 0.527. The van der Waals surface area contributed by atoms with Crippen molar-refractivity contribution in [2.75, 3.05) is 52.9 Å². The van der Waals surface area contributed by atoms with Crippen LogP contribution in [0.5, 0.6) is 0 Å². The third-order valence-electron chi connectivity index (χ3n) is 2.98. The van der Waals surface area contributed by atoms with E-state index in [1.165, 1.54) is 6.92 Å². The molecule has 0 radical (unpaired) electrons. The van der Waals surface area contributed by atoms with Gasteiger partial charge in [-0.3, -0.25) is 4.79 Å². The minimum Gasteiger partial charge on any atom is -0.393 e. The number of amides is 1. The van der Waals surface area contributed by atoms with Crippen molar-refractivity contribution in [1.29, 1.82) is 0 Å². The average molecular weight is 245 g/mol. The van der Waals surface area contributed by atoms with E-state index in [0.717, 1.165) is 26.2 Å². The molecule has 1 aliphatic rings. The Morgan fingerprint density at radius 3 is 2.47 bits per heavy atom. The van der Waals surface area contributed by atoms with E-state index in [4.69, 9.17) is 5.11 Å². The maximum atomic E-state index is 11.8. The summed E-state index contributed by atoms with van der Waals surface area (Å²) in [5, 5.41) is 21.3. The van der Waals surface area contributed by atoms with E-state index in [1.54, 1.807) is 0 Å². The van der Waals surface area contributed by atoms with Crippen LogP contribution in [-0.4, -0.2) is 84.4 Å². The van der Waals surface area contributed by atoms with E-state index in [2.05, 4.69) is 10.2 Å². The fourth-order valence-electron chi connectivity index (χ4n) is 1.66. The summed E-state index contributed by atoms with van der Waals surface area (Å²) in [7, 11) is 2.04. The molecule has 1 aliphatic heterocycles. The summed E-state index contributed by atoms with van der Waals surface area (Å²) in [5.41, 5.74) is -1.16. The van der Waals surface area contributed by atoms with Crippen LogP contribution in [0.2, 0.25) is 0 Å². The van der Waals surface area contributed by atoms with Crippen molar-refractivity contribution in [1.82, 2.24) is 15.1 Å². The van der Waals surface area contributed by atoms with E-state index in [0.29, 0.717) is 0 Å². The fourth-order valence-corrected chi connectivity index (χ4v) is 1.66. The Labute approximate surface area is 102 Å². The Morgan fingerprint density at radius 2 is 1.94 bits per heavy atom. The molecule has 0 aromatic carbocycles. The number of likely N-dealkylation sites (N-methyl/N-ethyl adjacent to an activating group) is 1. The molecule has 100 valence electrons. The summed E-state index contributed by atoms with van der Waals surface area (Å²) in [6.07, 6.45) is 0. The molecule has 6 nitrogen and oxygen atoms in total.